The highest BCUT2D eigenvalue weighted by molar-refractivity contribution is 6.03. The largest absolute Gasteiger partial charge is 0.478 e. The molecule has 20 heavy (non-hydrogen) atoms. The minimum atomic E-state index is -0.974. The van der Waals surface area contributed by atoms with Crippen LogP contribution in [0.15, 0.2) is 24.3 Å². The van der Waals surface area contributed by atoms with Crippen molar-refractivity contribution in [1.82, 2.24) is 0 Å². The zero-order valence-corrected chi connectivity index (χ0v) is 11.5. The zero-order valence-electron chi connectivity index (χ0n) is 11.5. The Morgan fingerprint density at radius 3 is 2.55 bits per heavy atom. The summed E-state index contributed by atoms with van der Waals surface area (Å²) in [7, 11) is 0. The van der Waals surface area contributed by atoms with Crippen molar-refractivity contribution in [3.05, 3.63) is 29.8 Å². The first-order valence-electron chi connectivity index (χ1n) is 7.24. The number of benzene rings is 1. The van der Waals surface area contributed by atoms with Gasteiger partial charge in [-0.1, -0.05) is 31.4 Å². The van der Waals surface area contributed by atoms with Gasteiger partial charge < -0.3 is 10.0 Å². The predicted molar refractivity (Wildman–Crippen MR) is 75.9 cm³/mol. The fourth-order valence-electron chi connectivity index (χ4n) is 3.64. The van der Waals surface area contributed by atoms with E-state index in [1.165, 1.54) is 19.3 Å². The topological polar surface area (TPSA) is 57.6 Å². The average molecular weight is 273 g/mol. The molecular formula is C16H19NO3. The van der Waals surface area contributed by atoms with Gasteiger partial charge in [0.1, 0.15) is 0 Å². The highest BCUT2D eigenvalue weighted by Gasteiger charge is 2.44. The van der Waals surface area contributed by atoms with Gasteiger partial charge in [-0.2, -0.15) is 0 Å². The second kappa shape index (κ2) is 4.93. The average Bonchev–Trinajstić information content (AvgIpc) is 2.76. The molecule has 0 bridgehead atoms. The van der Waals surface area contributed by atoms with E-state index < -0.39 is 5.97 Å². The van der Waals surface area contributed by atoms with Gasteiger partial charge in [-0.15, -0.1) is 0 Å². The molecule has 1 spiro atoms. The van der Waals surface area contributed by atoms with Gasteiger partial charge in [-0.3, -0.25) is 4.79 Å². The number of amides is 1. The molecule has 4 nitrogen and oxygen atoms in total. The van der Waals surface area contributed by atoms with Gasteiger partial charge in [0.15, 0.2) is 0 Å². The number of nitrogens with zero attached hydrogens (tertiary/aromatic N) is 1. The van der Waals surface area contributed by atoms with Crippen molar-refractivity contribution < 1.29 is 14.7 Å². The van der Waals surface area contributed by atoms with Gasteiger partial charge in [0.25, 0.3) is 0 Å². The summed E-state index contributed by atoms with van der Waals surface area (Å²) in [5, 5.41) is 9.28. The van der Waals surface area contributed by atoms with Crippen LogP contribution in [0, 0.1) is 5.41 Å². The number of rotatable bonds is 2. The van der Waals surface area contributed by atoms with E-state index in [0.717, 1.165) is 12.8 Å². The minimum Gasteiger partial charge on any atom is -0.478 e. The van der Waals surface area contributed by atoms with E-state index in [4.69, 9.17) is 0 Å². The highest BCUT2D eigenvalue weighted by Crippen LogP contribution is 2.45. The number of anilines is 1. The molecule has 1 saturated heterocycles. The van der Waals surface area contributed by atoms with Gasteiger partial charge >= 0.3 is 5.97 Å². The van der Waals surface area contributed by atoms with Gasteiger partial charge in [-0.05, 0) is 30.4 Å². The van der Waals surface area contributed by atoms with Crippen molar-refractivity contribution in [1.29, 1.82) is 0 Å². The van der Waals surface area contributed by atoms with E-state index in [1.54, 1.807) is 29.2 Å². The van der Waals surface area contributed by atoms with Crippen LogP contribution in [0.2, 0.25) is 0 Å². The van der Waals surface area contributed by atoms with Gasteiger partial charge in [-0.25, -0.2) is 4.79 Å². The lowest BCUT2D eigenvalue weighted by molar-refractivity contribution is -0.118. The van der Waals surface area contributed by atoms with Gasteiger partial charge in [0.05, 0.1) is 11.3 Å². The van der Waals surface area contributed by atoms with Crippen LogP contribution in [0.4, 0.5) is 5.69 Å². The van der Waals surface area contributed by atoms with Crippen LogP contribution in [0.3, 0.4) is 0 Å². The number of carbonyl (C=O) groups excluding carboxylic acids is 1. The molecule has 1 saturated carbocycles. The molecule has 0 radical (unpaired) electrons. The molecule has 2 aliphatic rings. The van der Waals surface area contributed by atoms with Gasteiger partial charge in [0, 0.05) is 13.0 Å². The molecule has 0 aromatic heterocycles. The third kappa shape index (κ3) is 2.19. The van der Waals surface area contributed by atoms with Crippen molar-refractivity contribution in [3.63, 3.8) is 0 Å². The lowest BCUT2D eigenvalue weighted by Crippen LogP contribution is -2.30. The summed E-state index contributed by atoms with van der Waals surface area (Å²) < 4.78 is 0. The summed E-state index contributed by atoms with van der Waals surface area (Å²) in [6, 6.07) is 6.80. The Kier molecular flexibility index (Phi) is 3.24. The number of hydrogen-bond donors (Lipinski definition) is 1. The predicted octanol–water partition coefficient (Wildman–Crippen LogP) is 3.07. The van der Waals surface area contributed by atoms with E-state index in [0.29, 0.717) is 18.7 Å². The van der Waals surface area contributed by atoms with E-state index in [-0.39, 0.29) is 16.9 Å². The molecule has 1 aliphatic heterocycles. The smallest absolute Gasteiger partial charge is 0.337 e. The SMILES string of the molecule is O=C(O)c1ccccc1N1CC2(CCCCC2)CC1=O. The summed E-state index contributed by atoms with van der Waals surface area (Å²) in [5.74, 6) is -0.904. The quantitative estimate of drug-likeness (QED) is 0.901. The van der Waals surface area contributed by atoms with Crippen LogP contribution in [0.25, 0.3) is 0 Å². The van der Waals surface area contributed by atoms with E-state index in [2.05, 4.69) is 0 Å². The maximum atomic E-state index is 12.4. The molecule has 1 heterocycles. The first-order valence-corrected chi connectivity index (χ1v) is 7.24. The normalized spacial score (nSPS) is 21.4. The number of carboxylic acid groups (broad SMARTS) is 1. The third-order valence-corrected chi connectivity index (χ3v) is 4.66. The van der Waals surface area contributed by atoms with Crippen LogP contribution in [-0.2, 0) is 4.79 Å². The van der Waals surface area contributed by atoms with Crippen LogP contribution >= 0.6 is 0 Å². The van der Waals surface area contributed by atoms with Crippen molar-refractivity contribution in [2.75, 3.05) is 11.4 Å². The zero-order chi connectivity index (χ0) is 14.2. The number of carbonyl (C=O) groups is 2. The van der Waals surface area contributed by atoms with Crippen LogP contribution in [0.5, 0.6) is 0 Å². The molecule has 4 heteroatoms. The van der Waals surface area contributed by atoms with Crippen LogP contribution in [0.1, 0.15) is 48.9 Å². The lowest BCUT2D eigenvalue weighted by atomic mass is 9.73. The number of aromatic carboxylic acids is 1. The van der Waals surface area contributed by atoms with Crippen molar-refractivity contribution in [2.45, 2.75) is 38.5 Å². The Morgan fingerprint density at radius 1 is 1.15 bits per heavy atom. The lowest BCUT2D eigenvalue weighted by Gasteiger charge is -2.32. The Labute approximate surface area is 118 Å². The molecule has 1 amide bonds. The van der Waals surface area contributed by atoms with Crippen LogP contribution < -0.4 is 4.90 Å². The van der Waals surface area contributed by atoms with E-state index >= 15 is 0 Å². The molecular weight excluding hydrogens is 254 g/mol. The maximum absolute atomic E-state index is 12.4. The Hall–Kier alpha value is -1.84. The molecule has 106 valence electrons. The number of carboxylic acids is 1. The molecule has 1 N–H and O–H groups in total. The summed E-state index contributed by atoms with van der Waals surface area (Å²) in [6.45, 7) is 0.677. The van der Waals surface area contributed by atoms with Crippen molar-refractivity contribution in [2.24, 2.45) is 5.41 Å². The molecule has 2 fully saturated rings. The monoisotopic (exact) mass is 273 g/mol. The first-order chi connectivity index (χ1) is 9.61. The number of para-hydroxylation sites is 1. The van der Waals surface area contributed by atoms with Crippen molar-refractivity contribution in [3.8, 4) is 0 Å². The standard InChI is InChI=1S/C16H19NO3/c18-14-10-16(8-4-1-5-9-16)11-17(14)13-7-3-2-6-12(13)15(19)20/h2-3,6-7H,1,4-5,8-11H2,(H,19,20). The number of hydrogen-bond acceptors (Lipinski definition) is 2. The first kappa shape index (κ1) is 13.2. The summed E-state index contributed by atoms with van der Waals surface area (Å²) in [6.07, 6.45) is 6.36. The Balaban J connectivity index is 1.91. The molecule has 1 aromatic rings. The fourth-order valence-corrected chi connectivity index (χ4v) is 3.64. The Morgan fingerprint density at radius 2 is 1.85 bits per heavy atom. The Bertz CT molecular complexity index is 546. The molecule has 1 aromatic carbocycles. The van der Waals surface area contributed by atoms with E-state index in [1.807, 2.05) is 0 Å². The maximum Gasteiger partial charge on any atom is 0.337 e. The summed E-state index contributed by atoms with van der Waals surface area (Å²) in [4.78, 5) is 25.4. The molecule has 0 atom stereocenters. The molecule has 3 rings (SSSR count). The minimum absolute atomic E-state index is 0.0700. The third-order valence-electron chi connectivity index (χ3n) is 4.66. The molecule has 1 aliphatic carbocycles. The van der Waals surface area contributed by atoms with Crippen molar-refractivity contribution >= 4 is 17.6 Å². The highest BCUT2D eigenvalue weighted by atomic mass is 16.4. The van der Waals surface area contributed by atoms with Gasteiger partial charge in [0.2, 0.25) is 5.91 Å². The fraction of sp³-hybridized carbons (Fsp3) is 0.500. The summed E-state index contributed by atoms with van der Waals surface area (Å²) >= 11 is 0. The second-order valence-corrected chi connectivity index (χ2v) is 6.04. The molecule has 0 unspecified atom stereocenters. The van der Waals surface area contributed by atoms with Crippen LogP contribution in [-0.4, -0.2) is 23.5 Å². The summed E-state index contributed by atoms with van der Waals surface area (Å²) in [5.41, 5.74) is 0.849. The van der Waals surface area contributed by atoms with E-state index in [9.17, 15) is 14.7 Å². The second-order valence-electron chi connectivity index (χ2n) is 6.04.